The lowest BCUT2D eigenvalue weighted by Gasteiger charge is -2.35. The third-order valence-electron chi connectivity index (χ3n) is 5.75. The Morgan fingerprint density at radius 2 is 1.96 bits per heavy atom. The summed E-state index contributed by atoms with van der Waals surface area (Å²) in [6.07, 6.45) is 7.64. The number of halogens is 1. The molecule has 1 aliphatic carbocycles. The van der Waals surface area contributed by atoms with Crippen LogP contribution in [0.1, 0.15) is 26.2 Å². The molecule has 1 aromatic heterocycles. The van der Waals surface area contributed by atoms with Gasteiger partial charge < -0.3 is 20.3 Å². The maximum absolute atomic E-state index is 6.29. The van der Waals surface area contributed by atoms with Crippen LogP contribution in [-0.4, -0.2) is 66.3 Å². The molecular formula is C18H29IN6O. The van der Waals surface area contributed by atoms with Crippen molar-refractivity contribution in [2.45, 2.75) is 32.3 Å². The maximum Gasteiger partial charge on any atom is 0.225 e. The highest BCUT2D eigenvalue weighted by Crippen LogP contribution is 2.47. The van der Waals surface area contributed by atoms with Crippen molar-refractivity contribution in [2.75, 3.05) is 44.2 Å². The Kier molecular flexibility index (Phi) is 6.21. The van der Waals surface area contributed by atoms with Gasteiger partial charge in [-0.2, -0.15) is 0 Å². The summed E-state index contributed by atoms with van der Waals surface area (Å²) in [5, 5.41) is 0. The van der Waals surface area contributed by atoms with Crippen molar-refractivity contribution in [1.82, 2.24) is 14.9 Å². The number of guanidine groups is 1. The van der Waals surface area contributed by atoms with Gasteiger partial charge >= 0.3 is 0 Å². The summed E-state index contributed by atoms with van der Waals surface area (Å²) < 4.78 is 5.99. The summed E-state index contributed by atoms with van der Waals surface area (Å²) in [4.78, 5) is 17.8. The Labute approximate surface area is 172 Å². The van der Waals surface area contributed by atoms with Crippen molar-refractivity contribution in [1.29, 1.82) is 0 Å². The van der Waals surface area contributed by atoms with Crippen LogP contribution in [0.3, 0.4) is 0 Å². The molecule has 2 atom stereocenters. The first-order valence-electron chi connectivity index (χ1n) is 9.34. The first-order chi connectivity index (χ1) is 12.2. The second kappa shape index (κ2) is 8.24. The van der Waals surface area contributed by atoms with E-state index in [4.69, 9.17) is 15.5 Å². The zero-order valence-corrected chi connectivity index (χ0v) is 17.7. The van der Waals surface area contributed by atoms with Gasteiger partial charge in [-0.1, -0.05) is 6.92 Å². The van der Waals surface area contributed by atoms with Gasteiger partial charge in [-0.05, 0) is 31.2 Å². The van der Waals surface area contributed by atoms with E-state index in [1.165, 1.54) is 12.8 Å². The molecule has 8 heteroatoms. The van der Waals surface area contributed by atoms with Crippen LogP contribution in [0, 0.1) is 11.3 Å². The number of anilines is 1. The molecular weight excluding hydrogens is 443 g/mol. The maximum atomic E-state index is 6.29. The van der Waals surface area contributed by atoms with Gasteiger partial charge in [0.1, 0.15) is 0 Å². The number of ether oxygens (including phenoxy) is 1. The van der Waals surface area contributed by atoms with Gasteiger partial charge in [-0.15, -0.1) is 24.0 Å². The summed E-state index contributed by atoms with van der Waals surface area (Å²) in [7, 11) is 0. The SMILES string of the molecule is CC1(CN=C(N)N2CCN(c3ncccn3)CC2)CCOC1C1CC1.I. The molecule has 1 aromatic rings. The van der Waals surface area contributed by atoms with Crippen molar-refractivity contribution >= 4 is 35.9 Å². The predicted molar refractivity (Wildman–Crippen MR) is 113 cm³/mol. The van der Waals surface area contributed by atoms with E-state index >= 15 is 0 Å². The van der Waals surface area contributed by atoms with E-state index in [9.17, 15) is 0 Å². The molecule has 26 heavy (non-hydrogen) atoms. The summed E-state index contributed by atoms with van der Waals surface area (Å²) in [6.45, 7) is 7.38. The molecule has 7 nitrogen and oxygen atoms in total. The van der Waals surface area contributed by atoms with Gasteiger partial charge in [0.25, 0.3) is 0 Å². The average molecular weight is 472 g/mol. The zero-order valence-electron chi connectivity index (χ0n) is 15.4. The number of aliphatic imine (C=N–C) groups is 1. The summed E-state index contributed by atoms with van der Waals surface area (Å²) in [5.41, 5.74) is 6.44. The average Bonchev–Trinajstić information content (AvgIpc) is 3.43. The number of piperazine rings is 1. The molecule has 3 fully saturated rings. The molecule has 2 unspecified atom stereocenters. The second-order valence-corrected chi connectivity index (χ2v) is 7.73. The highest BCUT2D eigenvalue weighted by molar-refractivity contribution is 14.0. The van der Waals surface area contributed by atoms with Crippen molar-refractivity contribution < 1.29 is 4.74 Å². The molecule has 0 bridgehead atoms. The molecule has 0 amide bonds. The fourth-order valence-corrected chi connectivity index (χ4v) is 3.99. The van der Waals surface area contributed by atoms with E-state index in [1.807, 2.05) is 6.07 Å². The van der Waals surface area contributed by atoms with Crippen LogP contribution in [0.15, 0.2) is 23.5 Å². The minimum absolute atomic E-state index is 0. The lowest BCUT2D eigenvalue weighted by Crippen LogP contribution is -2.51. The molecule has 2 N–H and O–H groups in total. The first kappa shape index (κ1) is 19.6. The van der Waals surface area contributed by atoms with E-state index in [2.05, 4.69) is 26.7 Å². The quantitative estimate of drug-likeness (QED) is 0.409. The molecule has 0 aromatic carbocycles. The smallest absolute Gasteiger partial charge is 0.225 e. The monoisotopic (exact) mass is 472 g/mol. The number of nitrogens with zero attached hydrogens (tertiary/aromatic N) is 5. The molecule has 2 aliphatic heterocycles. The van der Waals surface area contributed by atoms with Gasteiger partial charge in [-0.3, -0.25) is 4.99 Å². The Bertz CT molecular complexity index is 617. The van der Waals surface area contributed by atoms with Crippen molar-refractivity contribution in [3.05, 3.63) is 18.5 Å². The lowest BCUT2D eigenvalue weighted by molar-refractivity contribution is 0.0424. The Hall–Kier alpha value is -1.16. The van der Waals surface area contributed by atoms with Crippen LogP contribution in [0.25, 0.3) is 0 Å². The van der Waals surface area contributed by atoms with Crippen molar-refractivity contribution in [2.24, 2.45) is 22.1 Å². The normalized spacial score (nSPS) is 29.6. The van der Waals surface area contributed by atoms with E-state index < -0.39 is 0 Å². The number of hydrogen-bond donors (Lipinski definition) is 1. The number of aromatic nitrogens is 2. The standard InChI is InChI=1S/C18H28N6O.HI/c1-18(5-12-25-15(18)14-3-4-14)13-22-16(19)23-8-10-24(11-9-23)17-20-6-2-7-21-17;/h2,6-7,14-15H,3-5,8-13H2,1H3,(H2,19,22);1H. The van der Waals surface area contributed by atoms with Crippen LogP contribution >= 0.6 is 24.0 Å². The number of rotatable bonds is 4. The van der Waals surface area contributed by atoms with Crippen molar-refractivity contribution in [3.8, 4) is 0 Å². The number of nitrogens with two attached hydrogens (primary N) is 1. The Morgan fingerprint density at radius 1 is 1.27 bits per heavy atom. The third kappa shape index (κ3) is 4.21. The topological polar surface area (TPSA) is 79.9 Å². The fraction of sp³-hybridized carbons (Fsp3) is 0.722. The van der Waals surface area contributed by atoms with E-state index in [0.29, 0.717) is 12.1 Å². The van der Waals surface area contributed by atoms with Gasteiger partial charge in [0.2, 0.25) is 5.95 Å². The first-order valence-corrected chi connectivity index (χ1v) is 9.34. The van der Waals surface area contributed by atoms with Gasteiger partial charge in [0.15, 0.2) is 5.96 Å². The van der Waals surface area contributed by atoms with Crippen LogP contribution in [-0.2, 0) is 4.74 Å². The Morgan fingerprint density at radius 3 is 2.62 bits per heavy atom. The molecule has 4 rings (SSSR count). The highest BCUT2D eigenvalue weighted by Gasteiger charge is 2.48. The van der Waals surface area contributed by atoms with Gasteiger partial charge in [0, 0.05) is 50.6 Å². The molecule has 1 saturated carbocycles. The van der Waals surface area contributed by atoms with Gasteiger partial charge in [-0.25, -0.2) is 9.97 Å². The molecule has 3 heterocycles. The van der Waals surface area contributed by atoms with E-state index in [-0.39, 0.29) is 29.4 Å². The summed E-state index contributed by atoms with van der Waals surface area (Å²) >= 11 is 0. The predicted octanol–water partition coefficient (Wildman–Crippen LogP) is 1.74. The van der Waals surface area contributed by atoms with E-state index in [0.717, 1.165) is 57.6 Å². The Balaban J connectivity index is 0.00000196. The molecule has 144 valence electrons. The van der Waals surface area contributed by atoms with E-state index in [1.54, 1.807) is 12.4 Å². The molecule has 3 aliphatic rings. The molecule has 0 radical (unpaired) electrons. The number of hydrogen-bond acceptors (Lipinski definition) is 5. The van der Waals surface area contributed by atoms with Crippen LogP contribution in [0.5, 0.6) is 0 Å². The summed E-state index contributed by atoms with van der Waals surface area (Å²) in [6, 6.07) is 1.84. The minimum Gasteiger partial charge on any atom is -0.377 e. The van der Waals surface area contributed by atoms with Crippen LogP contribution < -0.4 is 10.6 Å². The third-order valence-corrected chi connectivity index (χ3v) is 5.75. The largest absolute Gasteiger partial charge is 0.377 e. The lowest BCUT2D eigenvalue weighted by atomic mass is 9.81. The second-order valence-electron chi connectivity index (χ2n) is 7.73. The van der Waals surface area contributed by atoms with Crippen LogP contribution in [0.2, 0.25) is 0 Å². The molecule has 0 spiro atoms. The fourth-order valence-electron chi connectivity index (χ4n) is 3.99. The molecule has 2 saturated heterocycles. The zero-order chi connectivity index (χ0) is 17.3. The van der Waals surface area contributed by atoms with Gasteiger partial charge in [0.05, 0.1) is 12.6 Å². The minimum atomic E-state index is 0. The van der Waals surface area contributed by atoms with Crippen LogP contribution in [0.4, 0.5) is 5.95 Å². The summed E-state index contributed by atoms with van der Waals surface area (Å²) in [5.74, 6) is 2.20. The van der Waals surface area contributed by atoms with Crippen molar-refractivity contribution in [3.63, 3.8) is 0 Å². The highest BCUT2D eigenvalue weighted by atomic mass is 127.